The second-order valence-electron chi connectivity index (χ2n) is 4.91. The van der Waals surface area contributed by atoms with Crippen molar-refractivity contribution in [2.24, 2.45) is 0 Å². The van der Waals surface area contributed by atoms with Crippen LogP contribution in [0.25, 0.3) is 5.69 Å². The van der Waals surface area contributed by atoms with Crippen LogP contribution in [0.2, 0.25) is 0 Å². The van der Waals surface area contributed by atoms with Gasteiger partial charge in [0.1, 0.15) is 17.8 Å². The van der Waals surface area contributed by atoms with Crippen LogP contribution in [0.5, 0.6) is 0 Å². The molecule has 0 radical (unpaired) electrons. The molecular formula is C16H13FN4O3. The van der Waals surface area contributed by atoms with E-state index in [9.17, 15) is 14.0 Å². The third-order valence-electron chi connectivity index (χ3n) is 3.27. The Morgan fingerprint density at radius 1 is 1.29 bits per heavy atom. The number of nitrogens with zero attached hydrogens (tertiary/aromatic N) is 3. The molecule has 1 amide bonds. The van der Waals surface area contributed by atoms with E-state index in [1.807, 2.05) is 0 Å². The number of carbonyl (C=O) groups is 1. The van der Waals surface area contributed by atoms with E-state index in [4.69, 9.17) is 4.42 Å². The SMILES string of the molecule is O=C(NCCc1cocn1)c1nn(-c2ccccc2F)ccc1=O. The summed E-state index contributed by atoms with van der Waals surface area (Å²) in [5, 5.41) is 6.52. The number of hydrogen-bond acceptors (Lipinski definition) is 5. The fourth-order valence-corrected chi connectivity index (χ4v) is 2.09. The number of aromatic nitrogens is 3. The van der Waals surface area contributed by atoms with Gasteiger partial charge in [0.05, 0.1) is 5.69 Å². The highest BCUT2D eigenvalue weighted by molar-refractivity contribution is 5.91. The molecule has 0 spiro atoms. The lowest BCUT2D eigenvalue weighted by Gasteiger charge is -2.08. The predicted molar refractivity (Wildman–Crippen MR) is 82.3 cm³/mol. The van der Waals surface area contributed by atoms with Crippen molar-refractivity contribution in [1.82, 2.24) is 20.1 Å². The van der Waals surface area contributed by atoms with E-state index in [-0.39, 0.29) is 17.9 Å². The maximum absolute atomic E-state index is 13.8. The molecule has 2 heterocycles. The van der Waals surface area contributed by atoms with Crippen molar-refractivity contribution in [3.63, 3.8) is 0 Å². The highest BCUT2D eigenvalue weighted by Crippen LogP contribution is 2.10. The maximum atomic E-state index is 13.8. The molecular weight excluding hydrogens is 315 g/mol. The Labute approximate surface area is 135 Å². The molecule has 3 aromatic rings. The number of nitrogens with one attached hydrogen (secondary N) is 1. The Hall–Kier alpha value is -3.29. The zero-order chi connectivity index (χ0) is 16.9. The number of halogens is 1. The molecule has 1 N–H and O–H groups in total. The first-order chi connectivity index (χ1) is 11.6. The number of benzene rings is 1. The Balaban J connectivity index is 1.77. The topological polar surface area (TPSA) is 90.0 Å². The van der Waals surface area contributed by atoms with Gasteiger partial charge < -0.3 is 9.73 Å². The summed E-state index contributed by atoms with van der Waals surface area (Å²) in [6.07, 6.45) is 4.53. The molecule has 0 atom stereocenters. The fourth-order valence-electron chi connectivity index (χ4n) is 2.09. The largest absolute Gasteiger partial charge is 0.451 e. The lowest BCUT2D eigenvalue weighted by atomic mass is 10.3. The van der Waals surface area contributed by atoms with Crippen LogP contribution in [0.3, 0.4) is 0 Å². The molecule has 1 aromatic carbocycles. The first-order valence-electron chi connectivity index (χ1n) is 7.15. The Bertz CT molecular complexity index is 906. The number of carbonyl (C=O) groups excluding carboxylic acids is 1. The number of para-hydroxylation sites is 1. The summed E-state index contributed by atoms with van der Waals surface area (Å²) in [7, 11) is 0. The minimum atomic E-state index is -0.630. The van der Waals surface area contributed by atoms with Crippen LogP contribution in [0.1, 0.15) is 16.2 Å². The first-order valence-corrected chi connectivity index (χ1v) is 7.15. The lowest BCUT2D eigenvalue weighted by molar-refractivity contribution is 0.0946. The van der Waals surface area contributed by atoms with Crippen LogP contribution in [0.4, 0.5) is 4.39 Å². The third-order valence-corrected chi connectivity index (χ3v) is 3.27. The summed E-state index contributed by atoms with van der Waals surface area (Å²) in [5.41, 5.74) is -0.0170. The molecule has 0 fully saturated rings. The van der Waals surface area contributed by atoms with E-state index in [0.717, 1.165) is 4.68 Å². The van der Waals surface area contributed by atoms with Crippen molar-refractivity contribution >= 4 is 5.91 Å². The predicted octanol–water partition coefficient (Wildman–Crippen LogP) is 1.33. The van der Waals surface area contributed by atoms with Gasteiger partial charge in [-0.25, -0.2) is 14.1 Å². The van der Waals surface area contributed by atoms with Crippen molar-refractivity contribution in [2.75, 3.05) is 6.54 Å². The van der Waals surface area contributed by atoms with E-state index in [1.54, 1.807) is 12.1 Å². The summed E-state index contributed by atoms with van der Waals surface area (Å²) >= 11 is 0. The molecule has 0 unspecified atom stereocenters. The second kappa shape index (κ2) is 6.86. The smallest absolute Gasteiger partial charge is 0.275 e. The summed E-state index contributed by atoms with van der Waals surface area (Å²) < 4.78 is 19.8. The molecule has 7 nitrogen and oxygen atoms in total. The average Bonchev–Trinajstić information content (AvgIpc) is 3.09. The molecule has 0 aliphatic rings. The molecule has 0 saturated heterocycles. The van der Waals surface area contributed by atoms with E-state index in [1.165, 1.54) is 37.1 Å². The van der Waals surface area contributed by atoms with E-state index >= 15 is 0 Å². The summed E-state index contributed by atoms with van der Waals surface area (Å²) in [5.74, 6) is -1.14. The summed E-state index contributed by atoms with van der Waals surface area (Å²) in [6, 6.07) is 7.12. The van der Waals surface area contributed by atoms with Gasteiger partial charge in [-0.1, -0.05) is 12.1 Å². The average molecular weight is 328 g/mol. The van der Waals surface area contributed by atoms with Gasteiger partial charge >= 0.3 is 0 Å². The van der Waals surface area contributed by atoms with E-state index in [0.29, 0.717) is 12.1 Å². The van der Waals surface area contributed by atoms with E-state index < -0.39 is 17.2 Å². The third kappa shape index (κ3) is 3.37. The van der Waals surface area contributed by atoms with Crippen LogP contribution in [-0.2, 0) is 6.42 Å². The zero-order valence-corrected chi connectivity index (χ0v) is 12.5. The molecule has 8 heteroatoms. The van der Waals surface area contributed by atoms with Crippen molar-refractivity contribution < 1.29 is 13.6 Å². The van der Waals surface area contributed by atoms with Gasteiger partial charge in [0.15, 0.2) is 12.1 Å². The van der Waals surface area contributed by atoms with Gasteiger partial charge in [-0.05, 0) is 12.1 Å². The van der Waals surface area contributed by atoms with Gasteiger partial charge in [-0.3, -0.25) is 9.59 Å². The lowest BCUT2D eigenvalue weighted by Crippen LogP contribution is -2.32. The number of hydrogen-bond donors (Lipinski definition) is 1. The highest BCUT2D eigenvalue weighted by Gasteiger charge is 2.14. The Morgan fingerprint density at radius 3 is 2.88 bits per heavy atom. The Kier molecular flexibility index (Phi) is 4.46. The molecule has 0 bridgehead atoms. The normalized spacial score (nSPS) is 10.5. The van der Waals surface area contributed by atoms with Crippen molar-refractivity contribution in [3.8, 4) is 5.69 Å². The zero-order valence-electron chi connectivity index (χ0n) is 12.5. The standard InChI is InChI=1S/C16H13FN4O3/c17-12-3-1-2-4-13(12)21-8-6-14(22)15(20-21)16(23)18-7-5-11-9-24-10-19-11/h1-4,6,8-10H,5,7H2,(H,18,23). The van der Waals surface area contributed by atoms with Crippen molar-refractivity contribution in [2.45, 2.75) is 6.42 Å². The molecule has 0 aliphatic heterocycles. The summed E-state index contributed by atoms with van der Waals surface area (Å²) in [4.78, 5) is 27.9. The van der Waals surface area contributed by atoms with Gasteiger partial charge in [-0.2, -0.15) is 5.10 Å². The molecule has 0 saturated carbocycles. The van der Waals surface area contributed by atoms with E-state index in [2.05, 4.69) is 15.4 Å². The van der Waals surface area contributed by atoms with Crippen molar-refractivity contribution in [1.29, 1.82) is 0 Å². The van der Waals surface area contributed by atoms with Gasteiger partial charge in [0.2, 0.25) is 5.43 Å². The minimum absolute atomic E-state index is 0.147. The number of oxazole rings is 1. The molecule has 0 aliphatic carbocycles. The van der Waals surface area contributed by atoms with Crippen LogP contribution < -0.4 is 10.7 Å². The number of rotatable bonds is 5. The van der Waals surface area contributed by atoms with Crippen LogP contribution >= 0.6 is 0 Å². The molecule has 3 rings (SSSR count). The fraction of sp³-hybridized carbons (Fsp3) is 0.125. The van der Waals surface area contributed by atoms with Gasteiger partial charge in [0, 0.05) is 25.2 Å². The second-order valence-corrected chi connectivity index (χ2v) is 4.91. The van der Waals surface area contributed by atoms with Crippen molar-refractivity contribution in [3.05, 3.63) is 76.6 Å². The highest BCUT2D eigenvalue weighted by atomic mass is 19.1. The maximum Gasteiger partial charge on any atom is 0.275 e. The molecule has 2 aromatic heterocycles. The summed E-state index contributed by atoms with van der Waals surface area (Å²) in [6.45, 7) is 0.265. The van der Waals surface area contributed by atoms with Crippen LogP contribution in [0.15, 0.2) is 58.4 Å². The number of amides is 1. The van der Waals surface area contributed by atoms with Gasteiger partial charge in [0.25, 0.3) is 5.91 Å². The quantitative estimate of drug-likeness (QED) is 0.763. The van der Waals surface area contributed by atoms with Crippen LogP contribution in [0, 0.1) is 5.82 Å². The molecule has 122 valence electrons. The monoisotopic (exact) mass is 328 g/mol. The Morgan fingerprint density at radius 2 is 2.12 bits per heavy atom. The minimum Gasteiger partial charge on any atom is -0.451 e. The molecule has 24 heavy (non-hydrogen) atoms. The van der Waals surface area contributed by atoms with Gasteiger partial charge in [-0.15, -0.1) is 0 Å². The first kappa shape index (κ1) is 15.6. The van der Waals surface area contributed by atoms with Crippen LogP contribution in [-0.4, -0.2) is 27.2 Å².